The van der Waals surface area contributed by atoms with E-state index in [1.807, 2.05) is 0 Å². The molecule has 0 bridgehead atoms. The molecular weight excluding hydrogens is 129 g/mol. The van der Waals surface area contributed by atoms with Gasteiger partial charge in [-0.3, -0.25) is 4.39 Å². The molecule has 0 aromatic heterocycles. The molecular formula is C8H16FN. The van der Waals surface area contributed by atoms with Gasteiger partial charge in [0.25, 0.3) is 0 Å². The molecule has 0 aromatic rings. The van der Waals surface area contributed by atoms with E-state index < -0.39 is 0 Å². The third-order valence-electron chi connectivity index (χ3n) is 2.54. The predicted molar refractivity (Wildman–Crippen MR) is 40.7 cm³/mol. The maximum Gasteiger partial charge on any atom is 0.0928 e. The van der Waals surface area contributed by atoms with Crippen molar-refractivity contribution in [3.8, 4) is 0 Å². The van der Waals surface area contributed by atoms with Crippen LogP contribution in [0, 0.1) is 11.3 Å². The summed E-state index contributed by atoms with van der Waals surface area (Å²) in [5.74, 6) is 0.272. The van der Waals surface area contributed by atoms with Crippen LogP contribution in [-0.4, -0.2) is 19.8 Å². The molecule has 1 saturated heterocycles. The molecule has 0 spiro atoms. The van der Waals surface area contributed by atoms with Crippen molar-refractivity contribution in [2.24, 2.45) is 11.3 Å². The van der Waals surface area contributed by atoms with Crippen LogP contribution in [0.5, 0.6) is 0 Å². The molecule has 1 unspecified atom stereocenters. The Morgan fingerprint density at radius 3 is 2.70 bits per heavy atom. The summed E-state index contributed by atoms with van der Waals surface area (Å²) in [4.78, 5) is 0. The van der Waals surface area contributed by atoms with E-state index in [2.05, 4.69) is 19.2 Å². The van der Waals surface area contributed by atoms with Gasteiger partial charge in [0.1, 0.15) is 0 Å². The number of hydrogen-bond acceptors (Lipinski definition) is 1. The van der Waals surface area contributed by atoms with E-state index in [0.29, 0.717) is 0 Å². The van der Waals surface area contributed by atoms with Crippen LogP contribution in [0.2, 0.25) is 0 Å². The number of halogens is 1. The number of alkyl halides is 1. The van der Waals surface area contributed by atoms with Crippen molar-refractivity contribution >= 4 is 0 Å². The van der Waals surface area contributed by atoms with Crippen LogP contribution in [0.15, 0.2) is 0 Å². The molecule has 1 heterocycles. The van der Waals surface area contributed by atoms with Crippen LogP contribution in [-0.2, 0) is 0 Å². The molecule has 0 radical (unpaired) electrons. The molecule has 0 amide bonds. The maximum atomic E-state index is 12.3. The number of rotatable bonds is 1. The largest absolute Gasteiger partial charge is 0.316 e. The summed E-state index contributed by atoms with van der Waals surface area (Å²) in [6.45, 7) is 6.04. The zero-order valence-corrected chi connectivity index (χ0v) is 6.78. The zero-order chi connectivity index (χ0) is 7.61. The van der Waals surface area contributed by atoms with Crippen LogP contribution >= 0.6 is 0 Å². The lowest BCUT2D eigenvalue weighted by atomic mass is 9.75. The lowest BCUT2D eigenvalue weighted by molar-refractivity contribution is 0.125. The van der Waals surface area contributed by atoms with Crippen LogP contribution in [0.1, 0.15) is 20.3 Å². The molecule has 0 aromatic carbocycles. The van der Waals surface area contributed by atoms with Crippen molar-refractivity contribution in [1.82, 2.24) is 5.32 Å². The average molecular weight is 145 g/mol. The maximum absolute atomic E-state index is 12.3. The van der Waals surface area contributed by atoms with E-state index in [4.69, 9.17) is 0 Å². The molecule has 1 atom stereocenters. The summed E-state index contributed by atoms with van der Waals surface area (Å²) in [6, 6.07) is 0. The van der Waals surface area contributed by atoms with Gasteiger partial charge in [0.15, 0.2) is 0 Å². The second-order valence-corrected chi connectivity index (χ2v) is 3.81. The molecule has 1 fully saturated rings. The smallest absolute Gasteiger partial charge is 0.0928 e. The summed E-state index contributed by atoms with van der Waals surface area (Å²) < 4.78 is 12.3. The fraction of sp³-hybridized carbons (Fsp3) is 1.00. The quantitative estimate of drug-likeness (QED) is 0.591. The number of hydrogen-bond donors (Lipinski definition) is 1. The van der Waals surface area contributed by atoms with Gasteiger partial charge < -0.3 is 5.32 Å². The Hall–Kier alpha value is -0.110. The minimum absolute atomic E-state index is 0.158. The van der Waals surface area contributed by atoms with Gasteiger partial charge in [-0.25, -0.2) is 0 Å². The Labute approximate surface area is 62.0 Å². The molecule has 2 heteroatoms. The fourth-order valence-electron chi connectivity index (χ4n) is 1.51. The van der Waals surface area contributed by atoms with Gasteiger partial charge in [-0.15, -0.1) is 0 Å². The molecule has 1 rings (SSSR count). The lowest BCUT2D eigenvalue weighted by Crippen LogP contribution is -2.43. The van der Waals surface area contributed by atoms with Gasteiger partial charge in [-0.05, 0) is 24.3 Å². The van der Waals surface area contributed by atoms with Crippen molar-refractivity contribution in [3.05, 3.63) is 0 Å². The molecule has 0 aliphatic carbocycles. The van der Waals surface area contributed by atoms with Crippen LogP contribution in [0.25, 0.3) is 0 Å². The monoisotopic (exact) mass is 145 g/mol. The minimum Gasteiger partial charge on any atom is -0.316 e. The Balaban J connectivity index is 2.51. The molecule has 1 aliphatic heterocycles. The normalized spacial score (nSPS) is 32.1. The van der Waals surface area contributed by atoms with Crippen LogP contribution < -0.4 is 5.32 Å². The van der Waals surface area contributed by atoms with E-state index in [1.54, 1.807) is 0 Å². The molecule has 1 N–H and O–H groups in total. The summed E-state index contributed by atoms with van der Waals surface area (Å²) >= 11 is 0. The molecule has 1 nitrogen and oxygen atoms in total. The first-order chi connectivity index (χ1) is 4.67. The summed E-state index contributed by atoms with van der Waals surface area (Å²) in [6.07, 6.45) is 0.990. The Kier molecular flexibility index (Phi) is 2.29. The van der Waals surface area contributed by atoms with Gasteiger partial charge in [-0.1, -0.05) is 13.8 Å². The Bertz CT molecular complexity index is 112. The highest BCUT2D eigenvalue weighted by molar-refractivity contribution is 4.84. The Morgan fingerprint density at radius 1 is 1.60 bits per heavy atom. The van der Waals surface area contributed by atoms with Crippen molar-refractivity contribution in [1.29, 1.82) is 0 Å². The van der Waals surface area contributed by atoms with Gasteiger partial charge in [0, 0.05) is 6.54 Å². The number of piperidine rings is 1. The van der Waals surface area contributed by atoms with Crippen molar-refractivity contribution in [3.63, 3.8) is 0 Å². The van der Waals surface area contributed by atoms with E-state index >= 15 is 0 Å². The first-order valence-electron chi connectivity index (χ1n) is 3.93. The summed E-state index contributed by atoms with van der Waals surface area (Å²) in [5, 5.41) is 3.27. The van der Waals surface area contributed by atoms with Crippen molar-refractivity contribution < 1.29 is 4.39 Å². The second kappa shape index (κ2) is 2.87. The highest BCUT2D eigenvalue weighted by atomic mass is 19.1. The minimum atomic E-state index is -0.158. The summed E-state index contributed by atoms with van der Waals surface area (Å²) in [7, 11) is 0. The first-order valence-corrected chi connectivity index (χ1v) is 3.93. The molecule has 60 valence electrons. The third-order valence-corrected chi connectivity index (χ3v) is 2.54. The SMILES string of the molecule is CC1(C)CNCCC1CF. The lowest BCUT2D eigenvalue weighted by Gasteiger charge is -2.37. The van der Waals surface area contributed by atoms with Crippen molar-refractivity contribution in [2.45, 2.75) is 20.3 Å². The summed E-state index contributed by atoms with van der Waals surface area (Å²) in [5.41, 5.74) is 0.160. The molecule has 10 heavy (non-hydrogen) atoms. The Morgan fingerprint density at radius 2 is 2.30 bits per heavy atom. The first kappa shape index (κ1) is 7.99. The van der Waals surface area contributed by atoms with E-state index in [9.17, 15) is 4.39 Å². The van der Waals surface area contributed by atoms with Crippen LogP contribution in [0.3, 0.4) is 0 Å². The molecule has 1 aliphatic rings. The van der Waals surface area contributed by atoms with Gasteiger partial charge in [0.05, 0.1) is 6.67 Å². The standard InChI is InChI=1S/C8H16FN/c1-8(2)6-10-4-3-7(8)5-9/h7,10H,3-6H2,1-2H3. The van der Waals surface area contributed by atoms with E-state index in [1.165, 1.54) is 0 Å². The zero-order valence-electron chi connectivity index (χ0n) is 6.78. The highest BCUT2D eigenvalue weighted by Gasteiger charge is 2.31. The fourth-order valence-corrected chi connectivity index (χ4v) is 1.51. The topological polar surface area (TPSA) is 12.0 Å². The van der Waals surface area contributed by atoms with Crippen LogP contribution in [0.4, 0.5) is 4.39 Å². The molecule has 0 saturated carbocycles. The number of nitrogens with one attached hydrogen (secondary N) is 1. The highest BCUT2D eigenvalue weighted by Crippen LogP contribution is 2.31. The van der Waals surface area contributed by atoms with Crippen molar-refractivity contribution in [2.75, 3.05) is 19.8 Å². The van der Waals surface area contributed by atoms with Gasteiger partial charge in [-0.2, -0.15) is 0 Å². The average Bonchev–Trinajstić information content (AvgIpc) is 1.87. The third kappa shape index (κ3) is 1.48. The van der Waals surface area contributed by atoms with Gasteiger partial charge >= 0.3 is 0 Å². The van der Waals surface area contributed by atoms with E-state index in [-0.39, 0.29) is 18.0 Å². The second-order valence-electron chi connectivity index (χ2n) is 3.81. The van der Waals surface area contributed by atoms with Gasteiger partial charge in [0.2, 0.25) is 0 Å². The van der Waals surface area contributed by atoms with E-state index in [0.717, 1.165) is 19.5 Å². The predicted octanol–water partition coefficient (Wildman–Crippen LogP) is 1.59.